The standard InChI is InChI=1S/C15H29NO2/c1-11(17)18-12-9-14(5,6)16(13(2,3)4)15(7,8)10-12/h12H,9-10H2,1-8H3. The molecule has 0 atom stereocenters. The lowest BCUT2D eigenvalue weighted by atomic mass is 9.74. The molecule has 0 amide bonds. The quantitative estimate of drug-likeness (QED) is 0.673. The average Bonchev–Trinajstić information content (AvgIpc) is 1.90. The van der Waals surface area contributed by atoms with Crippen molar-refractivity contribution in [1.29, 1.82) is 0 Å². The van der Waals surface area contributed by atoms with Crippen LogP contribution in [0.5, 0.6) is 0 Å². The van der Waals surface area contributed by atoms with Crippen molar-refractivity contribution < 1.29 is 9.53 Å². The van der Waals surface area contributed by atoms with E-state index in [2.05, 4.69) is 53.4 Å². The first kappa shape index (κ1) is 15.5. The fourth-order valence-electron chi connectivity index (χ4n) is 4.32. The first-order chi connectivity index (χ1) is 7.86. The van der Waals surface area contributed by atoms with Gasteiger partial charge >= 0.3 is 5.97 Å². The average molecular weight is 255 g/mol. The van der Waals surface area contributed by atoms with E-state index >= 15 is 0 Å². The van der Waals surface area contributed by atoms with E-state index in [1.54, 1.807) is 0 Å². The highest BCUT2D eigenvalue weighted by Gasteiger charge is 2.50. The van der Waals surface area contributed by atoms with Gasteiger partial charge < -0.3 is 4.74 Å². The number of nitrogens with zero attached hydrogens (tertiary/aromatic N) is 1. The molecule has 0 radical (unpaired) electrons. The van der Waals surface area contributed by atoms with E-state index in [0.717, 1.165) is 12.8 Å². The Morgan fingerprint density at radius 3 is 1.78 bits per heavy atom. The Morgan fingerprint density at radius 1 is 1.11 bits per heavy atom. The highest BCUT2D eigenvalue weighted by atomic mass is 16.5. The van der Waals surface area contributed by atoms with Crippen molar-refractivity contribution in [2.75, 3.05) is 0 Å². The molecule has 0 bridgehead atoms. The summed E-state index contributed by atoms with van der Waals surface area (Å²) in [5.41, 5.74) is 0.161. The van der Waals surface area contributed by atoms with Crippen LogP contribution in [0, 0.1) is 0 Å². The fraction of sp³-hybridized carbons (Fsp3) is 0.933. The molecule has 0 unspecified atom stereocenters. The first-order valence-electron chi connectivity index (χ1n) is 6.84. The molecule has 0 aliphatic carbocycles. The van der Waals surface area contributed by atoms with Crippen LogP contribution in [0.2, 0.25) is 0 Å². The molecule has 1 aliphatic heterocycles. The van der Waals surface area contributed by atoms with Crippen LogP contribution >= 0.6 is 0 Å². The Hall–Kier alpha value is -0.570. The van der Waals surface area contributed by atoms with Gasteiger partial charge in [-0.1, -0.05) is 0 Å². The van der Waals surface area contributed by atoms with E-state index in [0.29, 0.717) is 0 Å². The van der Waals surface area contributed by atoms with Crippen LogP contribution in [0.25, 0.3) is 0 Å². The van der Waals surface area contributed by atoms with E-state index in [1.165, 1.54) is 6.92 Å². The number of ether oxygens (including phenoxy) is 1. The third kappa shape index (κ3) is 3.25. The van der Waals surface area contributed by atoms with Crippen molar-refractivity contribution in [3.63, 3.8) is 0 Å². The number of rotatable bonds is 1. The molecule has 1 saturated heterocycles. The molecule has 106 valence electrons. The molecule has 1 heterocycles. The summed E-state index contributed by atoms with van der Waals surface area (Å²) in [5.74, 6) is -0.171. The lowest BCUT2D eigenvalue weighted by Gasteiger charge is -2.60. The molecule has 0 N–H and O–H groups in total. The van der Waals surface area contributed by atoms with Crippen LogP contribution in [0.1, 0.15) is 68.2 Å². The molecule has 1 rings (SSSR count). The van der Waals surface area contributed by atoms with Crippen LogP contribution in [0.4, 0.5) is 0 Å². The van der Waals surface area contributed by atoms with Crippen molar-refractivity contribution in [1.82, 2.24) is 4.90 Å². The van der Waals surface area contributed by atoms with Crippen molar-refractivity contribution in [2.45, 2.75) is 91.0 Å². The van der Waals surface area contributed by atoms with E-state index in [4.69, 9.17) is 4.74 Å². The topological polar surface area (TPSA) is 29.5 Å². The number of carbonyl (C=O) groups is 1. The normalized spacial score (nSPS) is 24.9. The predicted molar refractivity (Wildman–Crippen MR) is 74.5 cm³/mol. The Labute approximate surface area is 112 Å². The minimum absolute atomic E-state index is 0.0279. The number of hydrogen-bond acceptors (Lipinski definition) is 3. The predicted octanol–water partition coefficient (Wildman–Crippen LogP) is 3.37. The Bertz CT molecular complexity index is 308. The van der Waals surface area contributed by atoms with Crippen molar-refractivity contribution in [3.05, 3.63) is 0 Å². The van der Waals surface area contributed by atoms with Gasteiger partial charge in [0.2, 0.25) is 0 Å². The monoisotopic (exact) mass is 255 g/mol. The van der Waals surface area contributed by atoms with Gasteiger partial charge in [0.1, 0.15) is 6.10 Å². The van der Waals surface area contributed by atoms with E-state index < -0.39 is 0 Å². The van der Waals surface area contributed by atoms with Crippen molar-refractivity contribution in [3.8, 4) is 0 Å². The molecule has 0 spiro atoms. The molecular weight excluding hydrogens is 226 g/mol. The van der Waals surface area contributed by atoms with Gasteiger partial charge in [0.25, 0.3) is 0 Å². The fourth-order valence-corrected chi connectivity index (χ4v) is 4.32. The lowest BCUT2D eigenvalue weighted by Crippen LogP contribution is -2.68. The van der Waals surface area contributed by atoms with E-state index in [1.807, 2.05) is 0 Å². The third-order valence-electron chi connectivity index (χ3n) is 3.67. The molecule has 1 fully saturated rings. The number of esters is 1. The number of hydrogen-bond donors (Lipinski definition) is 0. The zero-order chi connectivity index (χ0) is 14.4. The molecule has 0 aromatic carbocycles. The molecule has 3 nitrogen and oxygen atoms in total. The smallest absolute Gasteiger partial charge is 0.302 e. The van der Waals surface area contributed by atoms with Gasteiger partial charge in [0.15, 0.2) is 0 Å². The van der Waals surface area contributed by atoms with Gasteiger partial charge in [-0.15, -0.1) is 0 Å². The number of piperidine rings is 1. The van der Waals surface area contributed by atoms with Crippen LogP contribution in [0.15, 0.2) is 0 Å². The highest BCUT2D eigenvalue weighted by molar-refractivity contribution is 5.66. The van der Waals surface area contributed by atoms with Gasteiger partial charge in [0, 0.05) is 36.4 Å². The second-order valence-electron chi connectivity index (χ2n) is 7.77. The summed E-state index contributed by atoms with van der Waals surface area (Å²) >= 11 is 0. The highest BCUT2D eigenvalue weighted by Crippen LogP contribution is 2.43. The zero-order valence-electron chi connectivity index (χ0n) is 13.3. The molecule has 0 saturated carbocycles. The Balaban J connectivity index is 3.02. The molecule has 3 heteroatoms. The number of carbonyl (C=O) groups excluding carboxylic acids is 1. The third-order valence-corrected chi connectivity index (χ3v) is 3.67. The van der Waals surface area contributed by atoms with Gasteiger partial charge in [0.05, 0.1) is 0 Å². The van der Waals surface area contributed by atoms with Crippen LogP contribution in [-0.2, 0) is 9.53 Å². The summed E-state index contributed by atoms with van der Waals surface area (Å²) < 4.78 is 5.46. The van der Waals surface area contributed by atoms with Crippen molar-refractivity contribution >= 4 is 5.97 Å². The summed E-state index contributed by atoms with van der Waals surface area (Å²) in [6, 6.07) is 0. The SMILES string of the molecule is CC(=O)OC1CC(C)(C)N(C(C)(C)C)C(C)(C)C1. The zero-order valence-corrected chi connectivity index (χ0v) is 13.3. The van der Waals surface area contributed by atoms with Crippen LogP contribution in [-0.4, -0.2) is 33.6 Å². The summed E-state index contributed by atoms with van der Waals surface area (Å²) in [4.78, 5) is 13.7. The summed E-state index contributed by atoms with van der Waals surface area (Å²) in [7, 11) is 0. The van der Waals surface area contributed by atoms with Gasteiger partial charge in [-0.2, -0.15) is 0 Å². The maximum Gasteiger partial charge on any atom is 0.302 e. The number of likely N-dealkylation sites (tertiary alicyclic amines) is 1. The summed E-state index contributed by atoms with van der Waals surface area (Å²) in [6.45, 7) is 17.2. The van der Waals surface area contributed by atoms with Gasteiger partial charge in [-0.25, -0.2) is 0 Å². The molecule has 1 aliphatic rings. The van der Waals surface area contributed by atoms with Crippen LogP contribution < -0.4 is 0 Å². The summed E-state index contributed by atoms with van der Waals surface area (Å²) in [6.07, 6.45) is 1.83. The second kappa shape index (κ2) is 4.52. The lowest BCUT2D eigenvalue weighted by molar-refractivity contribution is -0.165. The minimum Gasteiger partial charge on any atom is -0.462 e. The second-order valence-corrected chi connectivity index (χ2v) is 7.77. The minimum atomic E-state index is -0.171. The Kier molecular flexibility index (Phi) is 3.89. The molecule has 18 heavy (non-hydrogen) atoms. The van der Waals surface area contributed by atoms with Gasteiger partial charge in [-0.05, 0) is 48.5 Å². The maximum atomic E-state index is 11.2. The first-order valence-corrected chi connectivity index (χ1v) is 6.84. The molecular formula is C15H29NO2. The van der Waals surface area contributed by atoms with E-state index in [9.17, 15) is 4.79 Å². The largest absolute Gasteiger partial charge is 0.462 e. The Morgan fingerprint density at radius 2 is 1.50 bits per heavy atom. The van der Waals surface area contributed by atoms with E-state index in [-0.39, 0.29) is 28.7 Å². The maximum absolute atomic E-state index is 11.2. The van der Waals surface area contributed by atoms with Crippen molar-refractivity contribution in [2.24, 2.45) is 0 Å². The molecule has 0 aromatic heterocycles. The molecule has 0 aromatic rings. The van der Waals surface area contributed by atoms with Crippen LogP contribution in [0.3, 0.4) is 0 Å². The van der Waals surface area contributed by atoms with Gasteiger partial charge in [-0.3, -0.25) is 9.69 Å². The summed E-state index contributed by atoms with van der Waals surface area (Å²) in [5, 5.41) is 0.